The van der Waals surface area contributed by atoms with Crippen LogP contribution in [0.4, 0.5) is 0 Å². The van der Waals surface area contributed by atoms with Gasteiger partial charge in [-0.3, -0.25) is 40.1 Å². The number of carbonyl (C=O) groups excluding carboxylic acids is 4. The molecule has 1 heterocycles. The molecule has 40 heavy (non-hydrogen) atoms. The van der Waals surface area contributed by atoms with E-state index in [0.29, 0.717) is 0 Å². The molecule has 0 saturated carbocycles. The van der Waals surface area contributed by atoms with Gasteiger partial charge < -0.3 is 70.4 Å². The number of hydrogen-bond acceptors (Lipinski definition) is 22. The molecule has 1 aliphatic heterocycles. The summed E-state index contributed by atoms with van der Waals surface area (Å²) in [5.41, 5.74) is 0. The van der Waals surface area contributed by atoms with Crippen LogP contribution in [0.1, 0.15) is 25.7 Å². The van der Waals surface area contributed by atoms with Gasteiger partial charge in [-0.2, -0.15) is 0 Å². The van der Waals surface area contributed by atoms with Gasteiger partial charge in [0.05, 0.1) is 25.7 Å². The minimum Gasteiger partial charge on any atom is -0.762 e. The van der Waals surface area contributed by atoms with E-state index in [0.717, 1.165) is 0 Å². The lowest BCUT2D eigenvalue weighted by molar-refractivity contribution is -0.299. The van der Waals surface area contributed by atoms with Gasteiger partial charge in [0.2, 0.25) is 6.29 Å². The second-order valence-corrected chi connectivity index (χ2v) is 7.92. The first-order valence-corrected chi connectivity index (χ1v) is 11.3. The minimum atomic E-state index is -2.13. The summed E-state index contributed by atoms with van der Waals surface area (Å²) < 4.78 is 25.3. The Labute approximate surface area is 224 Å². The lowest BCUT2D eigenvalue weighted by Crippen LogP contribution is -2.62. The van der Waals surface area contributed by atoms with E-state index < -0.39 is 134 Å². The van der Waals surface area contributed by atoms with Crippen molar-refractivity contribution in [2.45, 2.75) is 56.4 Å². The quantitative estimate of drug-likeness (QED) is 0.0655. The van der Waals surface area contributed by atoms with Gasteiger partial charge in [-0.25, -0.2) is 0 Å². The van der Waals surface area contributed by atoms with E-state index in [1.807, 2.05) is 0 Å². The van der Waals surface area contributed by atoms with Gasteiger partial charge in [0.25, 0.3) is 0 Å². The molecule has 1 aliphatic rings. The standard InChI is InChI=1S/C18H28N4O18/c23-11(1-5-19(28)29)36-9-10-16(38-12(24)2-6-20(30)31)17(39-13(25)3-7-21(32)33)15(27)18(37-10)40-14(26)4-8-22(34)35/h10,15-18,27-28,30,32,34H,1-9H2/q-4/t10-,15-,16-,17-,18+/m1/s1. The van der Waals surface area contributed by atoms with E-state index in [-0.39, 0.29) is 0 Å². The Kier molecular flexibility index (Phi) is 15.8. The van der Waals surface area contributed by atoms with Crippen LogP contribution in [-0.4, -0.2) is 134 Å². The number of esters is 4. The second-order valence-electron chi connectivity index (χ2n) is 7.92. The van der Waals surface area contributed by atoms with Crippen LogP contribution in [-0.2, 0) is 42.9 Å². The first-order chi connectivity index (χ1) is 18.7. The molecule has 1 rings (SSSR count). The van der Waals surface area contributed by atoms with Crippen LogP contribution in [0.2, 0.25) is 0 Å². The number of nitrogens with zero attached hydrogens (tertiary/aromatic N) is 4. The van der Waals surface area contributed by atoms with Crippen LogP contribution < -0.4 is 0 Å². The van der Waals surface area contributed by atoms with Gasteiger partial charge in [-0.05, 0) is 0 Å². The largest absolute Gasteiger partial charge is 0.762 e. The zero-order valence-corrected chi connectivity index (χ0v) is 20.6. The summed E-state index contributed by atoms with van der Waals surface area (Å²) in [6.45, 7) is -3.87. The Morgan fingerprint density at radius 2 is 1.00 bits per heavy atom. The molecule has 0 aliphatic carbocycles. The Morgan fingerprint density at radius 3 is 1.43 bits per heavy atom. The topological polar surface area (TPSA) is 321 Å². The molecule has 0 bridgehead atoms. The zero-order valence-electron chi connectivity index (χ0n) is 20.6. The molecular formula is C18H28N4O18-4. The third-order valence-electron chi connectivity index (χ3n) is 4.83. The third kappa shape index (κ3) is 14.1. The number of aliphatic hydroxyl groups excluding tert-OH is 1. The van der Waals surface area contributed by atoms with E-state index in [4.69, 9.17) is 44.5 Å². The van der Waals surface area contributed by atoms with Crippen molar-refractivity contribution in [3.05, 3.63) is 20.8 Å². The van der Waals surface area contributed by atoms with Crippen molar-refractivity contribution < 1.29 is 68.8 Å². The fourth-order valence-electron chi connectivity index (χ4n) is 3.01. The molecule has 0 aromatic heterocycles. The van der Waals surface area contributed by atoms with Crippen molar-refractivity contribution in [2.75, 3.05) is 32.8 Å². The molecular weight excluding hydrogens is 560 g/mol. The van der Waals surface area contributed by atoms with Crippen LogP contribution in [0.3, 0.4) is 0 Å². The molecule has 22 nitrogen and oxygen atoms in total. The van der Waals surface area contributed by atoms with Crippen LogP contribution in [0.25, 0.3) is 0 Å². The number of hydroxylamine groups is 8. The van der Waals surface area contributed by atoms with Gasteiger partial charge >= 0.3 is 23.9 Å². The SMILES string of the molecule is O=C(CCN([O-])O)OC[C@H]1O[C@@H](OC(=O)CCN([O-])O)[C@H](O)[C@@H](OC(=O)CCN([O-])O)[C@@H]1OC(=O)CCN([O-])O. The number of ether oxygens (including phenoxy) is 5. The molecule has 0 aromatic carbocycles. The molecule has 0 spiro atoms. The number of aliphatic hydroxyl groups is 1. The highest BCUT2D eigenvalue weighted by atomic mass is 16.8. The van der Waals surface area contributed by atoms with Crippen molar-refractivity contribution in [2.24, 2.45) is 0 Å². The number of carbonyl (C=O) groups is 4. The minimum absolute atomic E-state index is 0.560. The maximum Gasteiger partial charge on any atom is 0.309 e. The van der Waals surface area contributed by atoms with Gasteiger partial charge in [-0.1, -0.05) is 0 Å². The average Bonchev–Trinajstić information content (AvgIpc) is 2.86. The third-order valence-corrected chi connectivity index (χ3v) is 4.83. The Balaban J connectivity index is 3.21. The Bertz CT molecular complexity index is 788. The van der Waals surface area contributed by atoms with Crippen molar-refractivity contribution in [1.82, 2.24) is 20.9 Å². The monoisotopic (exact) mass is 588 g/mol. The summed E-state index contributed by atoms with van der Waals surface area (Å²) in [5, 5.41) is 85.7. The zero-order chi connectivity index (χ0) is 30.4. The van der Waals surface area contributed by atoms with Crippen molar-refractivity contribution in [3.8, 4) is 0 Å². The summed E-state index contributed by atoms with van der Waals surface area (Å²) in [6.07, 6.45) is -12.5. The summed E-state index contributed by atoms with van der Waals surface area (Å²) in [4.78, 5) is 48.5. The highest BCUT2D eigenvalue weighted by molar-refractivity contribution is 5.72. The normalized spacial score (nSPS) is 23.0. The predicted molar refractivity (Wildman–Crippen MR) is 117 cm³/mol. The van der Waals surface area contributed by atoms with Crippen LogP contribution in [0, 0.1) is 20.8 Å². The molecule has 5 N–H and O–H groups in total. The van der Waals surface area contributed by atoms with Gasteiger partial charge in [-0.15, -0.1) is 0 Å². The van der Waals surface area contributed by atoms with E-state index in [2.05, 4.69) is 0 Å². The van der Waals surface area contributed by atoms with E-state index >= 15 is 0 Å². The molecule has 0 aromatic rings. The van der Waals surface area contributed by atoms with E-state index in [9.17, 15) is 45.1 Å². The molecule has 0 amide bonds. The fourth-order valence-corrected chi connectivity index (χ4v) is 3.01. The highest BCUT2D eigenvalue weighted by Crippen LogP contribution is 2.28. The Hall–Kier alpha value is -2.68. The van der Waals surface area contributed by atoms with Crippen molar-refractivity contribution >= 4 is 23.9 Å². The first kappa shape index (κ1) is 35.3. The lowest BCUT2D eigenvalue weighted by Gasteiger charge is -2.42. The van der Waals surface area contributed by atoms with E-state index in [1.54, 1.807) is 0 Å². The highest BCUT2D eigenvalue weighted by Gasteiger charge is 2.51. The number of rotatable bonds is 17. The van der Waals surface area contributed by atoms with Gasteiger partial charge in [0, 0.05) is 26.2 Å². The molecule has 232 valence electrons. The summed E-state index contributed by atoms with van der Waals surface area (Å²) in [6, 6.07) is 0. The summed E-state index contributed by atoms with van der Waals surface area (Å²) >= 11 is 0. The Morgan fingerprint density at radius 1 is 0.625 bits per heavy atom. The van der Waals surface area contributed by atoms with Gasteiger partial charge in [0.1, 0.15) is 12.7 Å². The summed E-state index contributed by atoms with van der Waals surface area (Å²) in [5.74, 6) is -4.76. The molecule has 1 saturated heterocycles. The fraction of sp³-hybridized carbons (Fsp3) is 0.778. The maximum atomic E-state index is 12.3. The maximum absolute atomic E-state index is 12.3. The van der Waals surface area contributed by atoms with Gasteiger partial charge in [0.15, 0.2) is 18.3 Å². The van der Waals surface area contributed by atoms with Crippen LogP contribution in [0.15, 0.2) is 0 Å². The molecule has 1 fully saturated rings. The lowest BCUT2D eigenvalue weighted by atomic mass is 9.98. The molecule has 22 heteroatoms. The smallest absolute Gasteiger partial charge is 0.309 e. The molecule has 5 atom stereocenters. The average molecular weight is 588 g/mol. The predicted octanol–water partition coefficient (Wildman–Crippen LogP) is -2.70. The van der Waals surface area contributed by atoms with E-state index in [1.165, 1.54) is 0 Å². The van der Waals surface area contributed by atoms with Crippen LogP contribution in [0.5, 0.6) is 0 Å². The van der Waals surface area contributed by atoms with Crippen molar-refractivity contribution in [3.63, 3.8) is 0 Å². The first-order valence-electron chi connectivity index (χ1n) is 11.3. The van der Waals surface area contributed by atoms with Crippen LogP contribution >= 0.6 is 0 Å². The van der Waals surface area contributed by atoms with Crippen molar-refractivity contribution in [1.29, 1.82) is 0 Å². The number of hydrogen-bond donors (Lipinski definition) is 5. The second kappa shape index (κ2) is 17.9. The molecule has 0 unspecified atom stereocenters. The summed E-state index contributed by atoms with van der Waals surface area (Å²) in [7, 11) is 0. The molecule has 0 radical (unpaired) electrons.